The Morgan fingerprint density at radius 1 is 1.21 bits per heavy atom. The lowest BCUT2D eigenvalue weighted by Gasteiger charge is -2.35. The molecule has 0 radical (unpaired) electrons. The summed E-state index contributed by atoms with van der Waals surface area (Å²) in [5, 5.41) is 0. The second kappa shape index (κ2) is 6.51. The summed E-state index contributed by atoms with van der Waals surface area (Å²) in [6, 6.07) is 13.2. The Hall–Kier alpha value is -2.56. The van der Waals surface area contributed by atoms with E-state index in [0.717, 1.165) is 5.56 Å². The molecule has 0 saturated heterocycles. The number of aliphatic imine (C=N–C) groups is 1. The Kier molecular flexibility index (Phi) is 4.42. The van der Waals surface area contributed by atoms with Crippen molar-refractivity contribution >= 4 is 11.9 Å². The zero-order chi connectivity index (χ0) is 17.2. The molecule has 1 aromatic heterocycles. The number of nitrogens with zero attached hydrogens (tertiary/aromatic N) is 1. The highest BCUT2D eigenvalue weighted by Gasteiger charge is 2.51. The van der Waals surface area contributed by atoms with Crippen molar-refractivity contribution in [1.82, 2.24) is 0 Å². The first-order valence-electron chi connectivity index (χ1n) is 7.99. The minimum atomic E-state index is -1.26. The fourth-order valence-electron chi connectivity index (χ4n) is 2.90. The Morgan fingerprint density at radius 2 is 1.96 bits per heavy atom. The van der Waals surface area contributed by atoms with Crippen molar-refractivity contribution in [2.24, 2.45) is 10.9 Å². The van der Waals surface area contributed by atoms with Crippen LogP contribution >= 0.6 is 0 Å². The van der Waals surface area contributed by atoms with E-state index in [9.17, 15) is 4.79 Å². The van der Waals surface area contributed by atoms with Gasteiger partial charge in [0.1, 0.15) is 5.76 Å². The third kappa shape index (κ3) is 2.82. The molecule has 0 spiro atoms. The predicted octanol–water partition coefficient (Wildman–Crippen LogP) is 3.34. The summed E-state index contributed by atoms with van der Waals surface area (Å²) in [5.74, 6) is 0.518. The van der Waals surface area contributed by atoms with Gasteiger partial charge in [-0.25, -0.2) is 9.79 Å². The molecule has 2 atom stereocenters. The molecule has 0 bridgehead atoms. The van der Waals surface area contributed by atoms with E-state index < -0.39 is 17.6 Å². The molecular formula is C19H21NO4. The molecule has 1 aromatic carbocycles. The van der Waals surface area contributed by atoms with Crippen molar-refractivity contribution < 1.29 is 18.7 Å². The predicted molar refractivity (Wildman–Crippen MR) is 89.7 cm³/mol. The first-order chi connectivity index (χ1) is 11.6. The number of carbonyl (C=O) groups is 1. The van der Waals surface area contributed by atoms with Gasteiger partial charge in [-0.1, -0.05) is 44.2 Å². The van der Waals surface area contributed by atoms with Gasteiger partial charge in [-0.05, 0) is 23.6 Å². The molecule has 0 saturated carbocycles. The van der Waals surface area contributed by atoms with Gasteiger partial charge in [0, 0.05) is 6.42 Å². The highest BCUT2D eigenvalue weighted by molar-refractivity contribution is 5.94. The zero-order valence-electron chi connectivity index (χ0n) is 14.1. The Morgan fingerprint density at radius 3 is 2.54 bits per heavy atom. The number of methoxy groups -OCH3 is 1. The number of carbonyl (C=O) groups excluding carboxylic acids is 1. The lowest BCUT2D eigenvalue weighted by atomic mass is 9.87. The quantitative estimate of drug-likeness (QED) is 0.808. The third-order valence-corrected chi connectivity index (χ3v) is 4.16. The Balaban J connectivity index is 2.11. The molecule has 2 aromatic rings. The molecule has 0 aliphatic carbocycles. The highest BCUT2D eigenvalue weighted by Crippen LogP contribution is 2.37. The molecule has 1 aliphatic rings. The molecule has 5 nitrogen and oxygen atoms in total. The van der Waals surface area contributed by atoms with E-state index in [-0.39, 0.29) is 5.92 Å². The molecule has 126 valence electrons. The van der Waals surface area contributed by atoms with Crippen LogP contribution in [0.25, 0.3) is 0 Å². The van der Waals surface area contributed by atoms with E-state index in [2.05, 4.69) is 4.99 Å². The van der Waals surface area contributed by atoms with Crippen LogP contribution in [0.3, 0.4) is 0 Å². The van der Waals surface area contributed by atoms with Crippen LogP contribution in [0, 0.1) is 5.92 Å². The topological polar surface area (TPSA) is 61.0 Å². The summed E-state index contributed by atoms with van der Waals surface area (Å²) < 4.78 is 16.7. The number of rotatable bonds is 4. The van der Waals surface area contributed by atoms with Crippen LogP contribution in [0.2, 0.25) is 0 Å². The summed E-state index contributed by atoms with van der Waals surface area (Å²) in [6.45, 7) is 3.92. The molecule has 3 rings (SSSR count). The van der Waals surface area contributed by atoms with Gasteiger partial charge in [0.2, 0.25) is 11.4 Å². The van der Waals surface area contributed by atoms with Crippen LogP contribution in [0.15, 0.2) is 58.1 Å². The van der Waals surface area contributed by atoms with Crippen molar-refractivity contribution in [3.63, 3.8) is 0 Å². The van der Waals surface area contributed by atoms with Crippen LogP contribution in [0.5, 0.6) is 0 Å². The van der Waals surface area contributed by atoms with Crippen LogP contribution in [-0.2, 0) is 26.2 Å². The maximum absolute atomic E-state index is 13.0. The molecule has 0 unspecified atom stereocenters. The van der Waals surface area contributed by atoms with Gasteiger partial charge in [-0.3, -0.25) is 0 Å². The van der Waals surface area contributed by atoms with Gasteiger partial charge in [0.05, 0.1) is 13.4 Å². The van der Waals surface area contributed by atoms with Crippen molar-refractivity contribution in [2.45, 2.75) is 31.9 Å². The van der Waals surface area contributed by atoms with Crippen LogP contribution in [0.4, 0.5) is 0 Å². The van der Waals surface area contributed by atoms with Gasteiger partial charge >= 0.3 is 5.97 Å². The number of furan rings is 1. The molecule has 2 heterocycles. The molecule has 5 heteroatoms. The fourth-order valence-corrected chi connectivity index (χ4v) is 2.90. The summed E-state index contributed by atoms with van der Waals surface area (Å²) >= 11 is 0. The second-order valence-electron chi connectivity index (χ2n) is 6.22. The fraction of sp³-hybridized carbons (Fsp3) is 0.368. The van der Waals surface area contributed by atoms with Crippen molar-refractivity contribution in [1.29, 1.82) is 0 Å². The summed E-state index contributed by atoms with van der Waals surface area (Å²) in [7, 11) is 1.54. The number of esters is 1. The summed E-state index contributed by atoms with van der Waals surface area (Å²) in [5.41, 5.74) is -0.297. The minimum absolute atomic E-state index is 0.0685. The van der Waals surface area contributed by atoms with Crippen molar-refractivity contribution in [2.75, 3.05) is 7.11 Å². The number of benzene rings is 1. The SMILES string of the molecule is COC1=N[C@](Cc2ccccc2)(c2ccco2)C(=O)O[C@H]1C(C)C. The van der Waals surface area contributed by atoms with Crippen molar-refractivity contribution in [3.8, 4) is 0 Å². The Bertz CT molecular complexity index is 721. The number of cyclic esters (lactones) is 1. The average Bonchev–Trinajstić information content (AvgIpc) is 3.12. The van der Waals surface area contributed by atoms with Crippen molar-refractivity contribution in [3.05, 3.63) is 60.1 Å². The largest absolute Gasteiger partial charge is 0.482 e. The van der Waals surface area contributed by atoms with E-state index in [1.54, 1.807) is 19.2 Å². The highest BCUT2D eigenvalue weighted by atomic mass is 16.6. The monoisotopic (exact) mass is 327 g/mol. The number of hydrogen-bond donors (Lipinski definition) is 0. The van der Waals surface area contributed by atoms with Crippen LogP contribution < -0.4 is 0 Å². The molecule has 0 amide bonds. The smallest absolute Gasteiger partial charge is 0.343 e. The molecular weight excluding hydrogens is 306 g/mol. The standard InChI is InChI=1S/C19H21NO4/c1-13(2)16-17(22-3)20-19(18(21)24-16,15-10-7-11-23-15)12-14-8-5-4-6-9-14/h4-11,13,16H,12H2,1-3H3/t16-,19+/m0/s1. The minimum Gasteiger partial charge on any atom is -0.482 e. The number of hydrogen-bond acceptors (Lipinski definition) is 5. The Labute approximate surface area is 141 Å². The molecule has 0 fully saturated rings. The summed E-state index contributed by atoms with van der Waals surface area (Å²) in [4.78, 5) is 17.6. The van der Waals surface area contributed by atoms with Crippen LogP contribution in [0.1, 0.15) is 25.2 Å². The van der Waals surface area contributed by atoms with Gasteiger partial charge < -0.3 is 13.9 Å². The number of ether oxygens (including phenoxy) is 2. The maximum atomic E-state index is 13.0. The van der Waals surface area contributed by atoms with E-state index >= 15 is 0 Å². The average molecular weight is 327 g/mol. The molecule has 0 N–H and O–H groups in total. The summed E-state index contributed by atoms with van der Waals surface area (Å²) in [6.07, 6.45) is 1.39. The van der Waals surface area contributed by atoms with E-state index in [1.165, 1.54) is 6.26 Å². The third-order valence-electron chi connectivity index (χ3n) is 4.16. The molecule has 24 heavy (non-hydrogen) atoms. The van der Waals surface area contributed by atoms with E-state index in [1.807, 2.05) is 44.2 Å². The first kappa shape index (κ1) is 16.3. The maximum Gasteiger partial charge on any atom is 0.343 e. The normalized spacial score (nSPS) is 23.8. The van der Waals surface area contributed by atoms with Gasteiger partial charge in [-0.15, -0.1) is 0 Å². The van der Waals surface area contributed by atoms with Gasteiger partial charge in [0.15, 0.2) is 6.10 Å². The van der Waals surface area contributed by atoms with Crippen LogP contribution in [-0.4, -0.2) is 25.1 Å². The lowest BCUT2D eigenvalue weighted by Crippen LogP contribution is -2.49. The second-order valence-corrected chi connectivity index (χ2v) is 6.22. The molecule has 1 aliphatic heterocycles. The first-order valence-corrected chi connectivity index (χ1v) is 7.99. The van der Waals surface area contributed by atoms with Gasteiger partial charge in [0.25, 0.3) is 0 Å². The van der Waals surface area contributed by atoms with E-state index in [4.69, 9.17) is 13.9 Å². The zero-order valence-corrected chi connectivity index (χ0v) is 14.1. The lowest BCUT2D eigenvalue weighted by molar-refractivity contribution is -0.158. The van der Waals surface area contributed by atoms with E-state index in [0.29, 0.717) is 18.1 Å². The van der Waals surface area contributed by atoms with Gasteiger partial charge in [-0.2, -0.15) is 0 Å².